The van der Waals surface area contributed by atoms with Crippen molar-refractivity contribution in [3.63, 3.8) is 0 Å². The third-order valence-corrected chi connectivity index (χ3v) is 6.89. The Kier molecular flexibility index (Phi) is 6.52. The summed E-state index contributed by atoms with van der Waals surface area (Å²) in [6.45, 7) is 1.18. The summed E-state index contributed by atoms with van der Waals surface area (Å²) in [5.74, 6) is -0.404. The van der Waals surface area contributed by atoms with Gasteiger partial charge in [-0.05, 0) is 49.1 Å². The van der Waals surface area contributed by atoms with Crippen LogP contribution in [0, 0.1) is 5.92 Å². The number of rotatable bonds is 6. The van der Waals surface area contributed by atoms with E-state index in [1.807, 2.05) is 30.3 Å². The standard InChI is InChI=1S/C20H23ClN2O3S/c21-18-8-10-19(11-9-18)27(25,26)23-14-4-7-17(15-23)20(24)22-13-12-16-5-2-1-3-6-16/h1-3,5-6,8-11,17H,4,7,12-15H2,(H,22,24)/t17-/m0/s1. The molecule has 1 saturated heterocycles. The zero-order valence-corrected chi connectivity index (χ0v) is 16.5. The topological polar surface area (TPSA) is 66.5 Å². The molecule has 144 valence electrons. The van der Waals surface area contributed by atoms with Gasteiger partial charge in [-0.2, -0.15) is 4.31 Å². The van der Waals surface area contributed by atoms with E-state index in [0.29, 0.717) is 31.0 Å². The van der Waals surface area contributed by atoms with Crippen LogP contribution < -0.4 is 5.32 Å². The Morgan fingerprint density at radius 3 is 2.52 bits per heavy atom. The van der Waals surface area contributed by atoms with E-state index in [1.165, 1.54) is 16.4 Å². The first-order valence-corrected chi connectivity index (χ1v) is 10.9. The average Bonchev–Trinajstić information content (AvgIpc) is 2.69. The van der Waals surface area contributed by atoms with Crippen molar-refractivity contribution in [2.24, 2.45) is 5.92 Å². The smallest absolute Gasteiger partial charge is 0.243 e. The molecule has 0 radical (unpaired) electrons. The first-order chi connectivity index (χ1) is 13.0. The van der Waals surface area contributed by atoms with Gasteiger partial charge in [-0.3, -0.25) is 4.79 Å². The number of nitrogens with zero attached hydrogens (tertiary/aromatic N) is 1. The number of hydrogen-bond donors (Lipinski definition) is 1. The number of carbonyl (C=O) groups is 1. The molecule has 1 aliphatic heterocycles. The maximum atomic E-state index is 12.8. The largest absolute Gasteiger partial charge is 0.355 e. The van der Waals surface area contributed by atoms with Crippen LogP contribution in [-0.2, 0) is 21.2 Å². The fourth-order valence-corrected chi connectivity index (χ4v) is 4.90. The summed E-state index contributed by atoms with van der Waals surface area (Å²) in [6.07, 6.45) is 2.12. The van der Waals surface area contributed by atoms with Gasteiger partial charge in [0.15, 0.2) is 0 Å². The fourth-order valence-electron chi connectivity index (χ4n) is 3.25. The first-order valence-electron chi connectivity index (χ1n) is 9.04. The lowest BCUT2D eigenvalue weighted by Crippen LogP contribution is -2.45. The van der Waals surface area contributed by atoms with Gasteiger partial charge in [0.05, 0.1) is 10.8 Å². The molecule has 0 spiro atoms. The molecule has 1 heterocycles. The first kappa shape index (κ1) is 19.9. The summed E-state index contributed by atoms with van der Waals surface area (Å²) in [5.41, 5.74) is 1.16. The molecule has 1 N–H and O–H groups in total. The number of sulfonamides is 1. The number of halogens is 1. The Labute approximate surface area is 165 Å². The van der Waals surface area contributed by atoms with Crippen molar-refractivity contribution < 1.29 is 13.2 Å². The molecule has 2 aromatic carbocycles. The van der Waals surface area contributed by atoms with Crippen LogP contribution in [0.1, 0.15) is 18.4 Å². The van der Waals surface area contributed by atoms with Crippen LogP contribution >= 0.6 is 11.6 Å². The molecule has 2 aromatic rings. The van der Waals surface area contributed by atoms with Crippen molar-refractivity contribution in [2.75, 3.05) is 19.6 Å². The number of hydrogen-bond acceptors (Lipinski definition) is 3. The lowest BCUT2D eigenvalue weighted by Gasteiger charge is -2.31. The molecular weight excluding hydrogens is 384 g/mol. The molecule has 3 rings (SSSR count). The summed E-state index contributed by atoms with van der Waals surface area (Å²) in [7, 11) is -3.61. The summed E-state index contributed by atoms with van der Waals surface area (Å²) in [6, 6.07) is 16.1. The molecule has 0 unspecified atom stereocenters. The minimum Gasteiger partial charge on any atom is -0.355 e. The normalized spacial score (nSPS) is 18.2. The third kappa shape index (κ3) is 5.09. The molecule has 0 saturated carbocycles. The average molecular weight is 407 g/mol. The number of amides is 1. The van der Waals surface area contributed by atoms with E-state index in [1.54, 1.807) is 12.1 Å². The predicted octanol–water partition coefficient (Wildman–Crippen LogP) is 3.10. The van der Waals surface area contributed by atoms with Crippen molar-refractivity contribution in [1.29, 1.82) is 0 Å². The highest BCUT2D eigenvalue weighted by Crippen LogP contribution is 2.24. The van der Waals surface area contributed by atoms with Crippen molar-refractivity contribution in [2.45, 2.75) is 24.2 Å². The van der Waals surface area contributed by atoms with E-state index >= 15 is 0 Å². The van der Waals surface area contributed by atoms with Gasteiger partial charge >= 0.3 is 0 Å². The molecule has 0 aromatic heterocycles. The summed E-state index contributed by atoms with van der Waals surface area (Å²) < 4.78 is 27.0. The summed E-state index contributed by atoms with van der Waals surface area (Å²) >= 11 is 5.84. The number of piperidine rings is 1. The fraction of sp³-hybridized carbons (Fsp3) is 0.350. The second-order valence-corrected chi connectivity index (χ2v) is 9.06. The van der Waals surface area contributed by atoms with E-state index < -0.39 is 10.0 Å². The van der Waals surface area contributed by atoms with E-state index in [4.69, 9.17) is 11.6 Å². The summed E-state index contributed by atoms with van der Waals surface area (Å²) in [4.78, 5) is 12.7. The van der Waals surface area contributed by atoms with Crippen molar-refractivity contribution >= 4 is 27.5 Å². The number of nitrogens with one attached hydrogen (secondary N) is 1. The molecule has 1 amide bonds. The molecular formula is C20H23ClN2O3S. The quantitative estimate of drug-likeness (QED) is 0.801. The van der Waals surface area contributed by atoms with Crippen molar-refractivity contribution in [3.8, 4) is 0 Å². The highest BCUT2D eigenvalue weighted by Gasteiger charge is 2.33. The van der Waals surface area contributed by atoms with Gasteiger partial charge in [-0.15, -0.1) is 0 Å². The molecule has 1 fully saturated rings. The van der Waals surface area contributed by atoms with Crippen molar-refractivity contribution in [1.82, 2.24) is 9.62 Å². The minimum absolute atomic E-state index is 0.0815. The van der Waals surface area contributed by atoms with E-state index in [2.05, 4.69) is 5.32 Å². The molecule has 1 atom stereocenters. The van der Waals surface area contributed by atoms with Gasteiger partial charge in [0.1, 0.15) is 0 Å². The maximum absolute atomic E-state index is 12.8. The van der Waals surface area contributed by atoms with Gasteiger partial charge < -0.3 is 5.32 Å². The minimum atomic E-state index is -3.61. The lowest BCUT2D eigenvalue weighted by molar-refractivity contribution is -0.126. The molecule has 27 heavy (non-hydrogen) atoms. The van der Waals surface area contributed by atoms with Crippen LogP contribution in [-0.4, -0.2) is 38.3 Å². The number of carbonyl (C=O) groups excluding carboxylic acids is 1. The number of benzene rings is 2. The molecule has 0 aliphatic carbocycles. The van der Waals surface area contributed by atoms with Crippen LogP contribution in [0.25, 0.3) is 0 Å². The van der Waals surface area contributed by atoms with Gasteiger partial charge in [-0.1, -0.05) is 41.9 Å². The Bertz CT molecular complexity index is 870. The lowest BCUT2D eigenvalue weighted by atomic mass is 9.99. The second-order valence-electron chi connectivity index (χ2n) is 6.68. The Morgan fingerprint density at radius 2 is 1.81 bits per heavy atom. The molecule has 7 heteroatoms. The highest BCUT2D eigenvalue weighted by molar-refractivity contribution is 7.89. The highest BCUT2D eigenvalue weighted by atomic mass is 35.5. The zero-order valence-electron chi connectivity index (χ0n) is 15.0. The van der Waals surface area contributed by atoms with Gasteiger partial charge in [0.25, 0.3) is 0 Å². The molecule has 1 aliphatic rings. The maximum Gasteiger partial charge on any atom is 0.243 e. The van der Waals surface area contributed by atoms with E-state index in [9.17, 15) is 13.2 Å². The Balaban J connectivity index is 1.58. The van der Waals surface area contributed by atoms with E-state index in [-0.39, 0.29) is 23.3 Å². The van der Waals surface area contributed by atoms with Gasteiger partial charge in [0, 0.05) is 24.7 Å². The van der Waals surface area contributed by atoms with Crippen LogP contribution in [0.2, 0.25) is 5.02 Å². The monoisotopic (exact) mass is 406 g/mol. The molecule has 0 bridgehead atoms. The summed E-state index contributed by atoms with van der Waals surface area (Å²) in [5, 5.41) is 3.43. The second kappa shape index (κ2) is 8.87. The van der Waals surface area contributed by atoms with Crippen LogP contribution in [0.3, 0.4) is 0 Å². The molecule has 5 nitrogen and oxygen atoms in total. The SMILES string of the molecule is O=C(NCCc1ccccc1)[C@H]1CCCN(S(=O)(=O)c2ccc(Cl)cc2)C1. The Hall–Kier alpha value is -1.89. The Morgan fingerprint density at radius 1 is 1.11 bits per heavy atom. The van der Waals surface area contributed by atoms with Gasteiger partial charge in [-0.25, -0.2) is 8.42 Å². The van der Waals surface area contributed by atoms with Crippen LogP contribution in [0.15, 0.2) is 59.5 Å². The van der Waals surface area contributed by atoms with Crippen LogP contribution in [0.5, 0.6) is 0 Å². The van der Waals surface area contributed by atoms with Crippen LogP contribution in [0.4, 0.5) is 0 Å². The van der Waals surface area contributed by atoms with E-state index in [0.717, 1.165) is 12.0 Å². The van der Waals surface area contributed by atoms with Crippen molar-refractivity contribution in [3.05, 3.63) is 65.2 Å². The predicted molar refractivity (Wildman–Crippen MR) is 106 cm³/mol. The third-order valence-electron chi connectivity index (χ3n) is 4.76. The van der Waals surface area contributed by atoms with Gasteiger partial charge in [0.2, 0.25) is 15.9 Å². The zero-order chi connectivity index (χ0) is 19.3.